The number of methoxy groups -OCH3 is 1. The van der Waals surface area contributed by atoms with Gasteiger partial charge in [0, 0.05) is 12.6 Å². The van der Waals surface area contributed by atoms with E-state index >= 15 is 0 Å². The normalized spacial score (nSPS) is 12.9. The van der Waals surface area contributed by atoms with Gasteiger partial charge in [0.15, 0.2) is 0 Å². The predicted octanol–water partition coefficient (Wildman–Crippen LogP) is 1.45. The number of hydrogen-bond donors (Lipinski definition) is 2. The van der Waals surface area contributed by atoms with Crippen molar-refractivity contribution in [3.8, 4) is 5.75 Å². The lowest BCUT2D eigenvalue weighted by atomic mass is 10.2. The molecule has 0 radical (unpaired) electrons. The van der Waals surface area contributed by atoms with Crippen LogP contribution in [-0.4, -0.2) is 28.4 Å². The van der Waals surface area contributed by atoms with Crippen molar-refractivity contribution in [2.45, 2.75) is 25.9 Å². The van der Waals surface area contributed by atoms with E-state index in [1.54, 1.807) is 7.11 Å². The fourth-order valence-electron chi connectivity index (χ4n) is 2.06. The summed E-state index contributed by atoms with van der Waals surface area (Å²) in [7, 11) is 1.63. The van der Waals surface area contributed by atoms with Gasteiger partial charge in [-0.3, -0.25) is 0 Å². The summed E-state index contributed by atoms with van der Waals surface area (Å²) in [5.41, 5.74) is 7.89. The van der Waals surface area contributed by atoms with Gasteiger partial charge in [0.2, 0.25) is 0 Å². The maximum Gasteiger partial charge on any atom is 0.126 e. The Balaban J connectivity index is 2.58. The van der Waals surface area contributed by atoms with Crippen molar-refractivity contribution < 1.29 is 9.84 Å². The maximum atomic E-state index is 9.16. The minimum absolute atomic E-state index is 0.0704. The number of hydrogen-bond acceptors (Lipinski definition) is 4. The van der Waals surface area contributed by atoms with Crippen LogP contribution in [0.1, 0.15) is 25.2 Å². The predicted molar refractivity (Wildman–Crippen MR) is 70.6 cm³/mol. The molecule has 1 heterocycles. The molecule has 0 fully saturated rings. The largest absolute Gasteiger partial charge is 0.497 e. The fraction of sp³-hybridized carbons (Fsp3) is 0.462. The molecule has 2 rings (SSSR count). The highest BCUT2D eigenvalue weighted by molar-refractivity contribution is 5.78. The van der Waals surface area contributed by atoms with Crippen molar-refractivity contribution in [1.29, 1.82) is 0 Å². The van der Waals surface area contributed by atoms with Crippen LogP contribution < -0.4 is 10.5 Å². The molecule has 0 spiro atoms. The molecule has 3 N–H and O–H groups in total. The molecule has 1 aromatic heterocycles. The highest BCUT2D eigenvalue weighted by atomic mass is 16.5. The molecule has 98 valence electrons. The van der Waals surface area contributed by atoms with Crippen LogP contribution >= 0.6 is 0 Å². The van der Waals surface area contributed by atoms with Crippen LogP contribution in [-0.2, 0) is 6.54 Å². The number of benzene rings is 1. The molecule has 5 heteroatoms. The highest BCUT2D eigenvalue weighted by Crippen LogP contribution is 2.24. The highest BCUT2D eigenvalue weighted by Gasteiger charge is 2.15. The van der Waals surface area contributed by atoms with Crippen LogP contribution in [0.15, 0.2) is 18.2 Å². The Kier molecular flexibility index (Phi) is 3.84. The van der Waals surface area contributed by atoms with E-state index in [-0.39, 0.29) is 12.6 Å². The van der Waals surface area contributed by atoms with Crippen LogP contribution in [0, 0.1) is 0 Å². The molecule has 1 atom stereocenters. The number of aliphatic hydroxyl groups is 1. The number of aliphatic hydroxyl groups excluding tert-OH is 1. The fourth-order valence-corrected chi connectivity index (χ4v) is 2.06. The zero-order valence-electron chi connectivity index (χ0n) is 10.8. The van der Waals surface area contributed by atoms with E-state index in [0.717, 1.165) is 29.0 Å². The first-order valence-corrected chi connectivity index (χ1v) is 6.11. The number of ether oxygens (including phenoxy) is 1. The van der Waals surface area contributed by atoms with Crippen molar-refractivity contribution in [2.24, 2.45) is 5.73 Å². The van der Waals surface area contributed by atoms with Gasteiger partial charge < -0.3 is 20.1 Å². The summed E-state index contributed by atoms with van der Waals surface area (Å²) in [4.78, 5) is 4.56. The van der Waals surface area contributed by atoms with E-state index in [4.69, 9.17) is 15.6 Å². The van der Waals surface area contributed by atoms with Gasteiger partial charge in [-0.1, -0.05) is 6.92 Å². The minimum atomic E-state index is -0.116. The topological polar surface area (TPSA) is 73.3 Å². The third kappa shape index (κ3) is 2.19. The van der Waals surface area contributed by atoms with Gasteiger partial charge in [-0.25, -0.2) is 4.98 Å². The molecule has 0 aliphatic rings. The lowest BCUT2D eigenvalue weighted by Crippen LogP contribution is -2.17. The van der Waals surface area contributed by atoms with Crippen LogP contribution in [0.3, 0.4) is 0 Å². The Morgan fingerprint density at radius 1 is 1.50 bits per heavy atom. The smallest absolute Gasteiger partial charge is 0.126 e. The average Bonchev–Trinajstić information content (AvgIpc) is 2.76. The second-order valence-corrected chi connectivity index (χ2v) is 4.21. The van der Waals surface area contributed by atoms with Crippen LogP contribution in [0.5, 0.6) is 5.75 Å². The number of aromatic nitrogens is 2. The quantitative estimate of drug-likeness (QED) is 0.841. The number of fused-ring (bicyclic) bond motifs is 1. The van der Waals surface area contributed by atoms with Gasteiger partial charge >= 0.3 is 0 Å². The minimum Gasteiger partial charge on any atom is -0.497 e. The third-order valence-corrected chi connectivity index (χ3v) is 3.08. The summed E-state index contributed by atoms with van der Waals surface area (Å²) in [6.45, 7) is 2.60. The maximum absolute atomic E-state index is 9.16. The molecule has 2 aromatic rings. The van der Waals surface area contributed by atoms with Crippen LogP contribution in [0.25, 0.3) is 11.0 Å². The zero-order chi connectivity index (χ0) is 13.1. The first kappa shape index (κ1) is 12.9. The van der Waals surface area contributed by atoms with Crippen molar-refractivity contribution in [2.75, 3.05) is 13.7 Å². The molecular weight excluding hydrogens is 230 g/mol. The molecule has 0 saturated carbocycles. The van der Waals surface area contributed by atoms with Gasteiger partial charge in [-0.05, 0) is 18.6 Å². The summed E-state index contributed by atoms with van der Waals surface area (Å²) >= 11 is 0. The SMILES string of the molecule is CCC(N)c1nc2cc(OC)ccc2n1CCO. The molecule has 18 heavy (non-hydrogen) atoms. The molecule has 0 aliphatic carbocycles. The van der Waals surface area contributed by atoms with Crippen LogP contribution in [0.2, 0.25) is 0 Å². The standard InChI is InChI=1S/C13H19N3O2/c1-3-10(14)13-15-11-8-9(18-2)4-5-12(11)16(13)6-7-17/h4-5,8,10,17H,3,6-7,14H2,1-2H3. The molecule has 0 saturated heterocycles. The van der Waals surface area contributed by atoms with Crippen LogP contribution in [0.4, 0.5) is 0 Å². The Hall–Kier alpha value is -1.59. The Bertz CT molecular complexity index is 536. The van der Waals surface area contributed by atoms with Crippen molar-refractivity contribution >= 4 is 11.0 Å². The van der Waals surface area contributed by atoms with Gasteiger partial charge in [-0.15, -0.1) is 0 Å². The Labute approximate surface area is 106 Å². The summed E-state index contributed by atoms with van der Waals surface area (Å²) in [5.74, 6) is 1.59. The van der Waals surface area contributed by atoms with Gasteiger partial charge in [-0.2, -0.15) is 0 Å². The van der Waals surface area contributed by atoms with Gasteiger partial charge in [0.1, 0.15) is 11.6 Å². The second kappa shape index (κ2) is 5.37. The summed E-state index contributed by atoms with van der Waals surface area (Å²) in [5, 5.41) is 9.16. The number of nitrogens with two attached hydrogens (primary N) is 1. The van der Waals surface area contributed by atoms with Gasteiger partial charge in [0.25, 0.3) is 0 Å². The van der Waals surface area contributed by atoms with Gasteiger partial charge in [0.05, 0.1) is 30.8 Å². The molecular formula is C13H19N3O2. The molecule has 0 bridgehead atoms. The summed E-state index contributed by atoms with van der Waals surface area (Å²) in [6.07, 6.45) is 0.811. The number of imidazole rings is 1. The Morgan fingerprint density at radius 2 is 2.28 bits per heavy atom. The van der Waals surface area contributed by atoms with E-state index in [0.29, 0.717) is 6.54 Å². The molecule has 0 amide bonds. The molecule has 1 aromatic carbocycles. The van der Waals surface area contributed by atoms with E-state index in [9.17, 15) is 0 Å². The van der Waals surface area contributed by atoms with E-state index in [1.165, 1.54) is 0 Å². The van der Waals surface area contributed by atoms with E-state index in [2.05, 4.69) is 4.98 Å². The number of rotatable bonds is 5. The lowest BCUT2D eigenvalue weighted by molar-refractivity contribution is 0.275. The second-order valence-electron chi connectivity index (χ2n) is 4.21. The average molecular weight is 249 g/mol. The first-order chi connectivity index (χ1) is 8.71. The van der Waals surface area contributed by atoms with Crippen molar-refractivity contribution in [3.63, 3.8) is 0 Å². The number of nitrogens with zero attached hydrogens (tertiary/aromatic N) is 2. The van der Waals surface area contributed by atoms with E-state index < -0.39 is 0 Å². The third-order valence-electron chi connectivity index (χ3n) is 3.08. The zero-order valence-corrected chi connectivity index (χ0v) is 10.8. The summed E-state index contributed by atoms with van der Waals surface area (Å²) < 4.78 is 7.16. The molecule has 5 nitrogen and oxygen atoms in total. The monoisotopic (exact) mass is 249 g/mol. The summed E-state index contributed by atoms with van der Waals surface area (Å²) in [6, 6.07) is 5.60. The Morgan fingerprint density at radius 3 is 2.89 bits per heavy atom. The van der Waals surface area contributed by atoms with Crippen molar-refractivity contribution in [1.82, 2.24) is 9.55 Å². The molecule has 0 aliphatic heterocycles. The lowest BCUT2D eigenvalue weighted by Gasteiger charge is -2.11. The van der Waals surface area contributed by atoms with Crippen molar-refractivity contribution in [3.05, 3.63) is 24.0 Å². The molecule has 1 unspecified atom stereocenters. The first-order valence-electron chi connectivity index (χ1n) is 6.11. The van der Waals surface area contributed by atoms with E-state index in [1.807, 2.05) is 29.7 Å².